The van der Waals surface area contributed by atoms with E-state index in [1.54, 1.807) is 4.90 Å². The molecule has 134 valence electrons. The van der Waals surface area contributed by atoms with Gasteiger partial charge >= 0.3 is 5.97 Å². The molecule has 2 fully saturated rings. The minimum atomic E-state index is -1.08. The van der Waals surface area contributed by atoms with Gasteiger partial charge in [-0.05, 0) is 24.5 Å². The smallest absolute Gasteiger partial charge is 0.337 e. The molecule has 1 aliphatic carbocycles. The molecule has 25 heavy (non-hydrogen) atoms. The van der Waals surface area contributed by atoms with E-state index < -0.39 is 12.0 Å². The third-order valence-corrected chi connectivity index (χ3v) is 5.10. The fourth-order valence-electron chi connectivity index (χ4n) is 3.72. The fraction of sp³-hybridized carbons (Fsp3) is 0.556. The van der Waals surface area contributed by atoms with E-state index in [0.29, 0.717) is 25.4 Å². The lowest BCUT2D eigenvalue weighted by molar-refractivity contribution is -0.128. The van der Waals surface area contributed by atoms with Crippen LogP contribution in [0.25, 0.3) is 0 Å². The van der Waals surface area contributed by atoms with Crippen molar-refractivity contribution >= 4 is 17.8 Å². The van der Waals surface area contributed by atoms with Gasteiger partial charge in [-0.2, -0.15) is 0 Å². The molecule has 2 N–H and O–H groups in total. The number of piperazine rings is 1. The van der Waals surface area contributed by atoms with Crippen molar-refractivity contribution in [2.75, 3.05) is 13.1 Å². The molecule has 1 aromatic heterocycles. The average Bonchev–Trinajstić information content (AvgIpc) is 2.64. The summed E-state index contributed by atoms with van der Waals surface area (Å²) >= 11 is 0. The molecule has 3 rings (SSSR count). The zero-order valence-electron chi connectivity index (χ0n) is 14.1. The molecule has 1 aliphatic heterocycles. The summed E-state index contributed by atoms with van der Waals surface area (Å²) in [6, 6.07) is 2.31. The van der Waals surface area contributed by atoms with E-state index in [1.807, 2.05) is 0 Å². The van der Waals surface area contributed by atoms with Crippen molar-refractivity contribution in [2.45, 2.75) is 44.6 Å². The van der Waals surface area contributed by atoms with Crippen LogP contribution in [-0.2, 0) is 4.79 Å². The Balaban J connectivity index is 1.75. The first-order valence-corrected chi connectivity index (χ1v) is 8.84. The molecule has 2 aliphatic rings. The Labute approximate surface area is 146 Å². The van der Waals surface area contributed by atoms with Crippen molar-refractivity contribution in [3.05, 3.63) is 29.6 Å². The van der Waals surface area contributed by atoms with Crippen molar-refractivity contribution in [3.8, 4) is 0 Å². The largest absolute Gasteiger partial charge is 0.478 e. The van der Waals surface area contributed by atoms with Gasteiger partial charge in [0, 0.05) is 19.3 Å². The quantitative estimate of drug-likeness (QED) is 0.865. The molecule has 7 nitrogen and oxygen atoms in total. The first-order chi connectivity index (χ1) is 12.1. The van der Waals surface area contributed by atoms with Crippen LogP contribution in [0.3, 0.4) is 0 Å². The molecular weight excluding hydrogens is 322 g/mol. The fourth-order valence-corrected chi connectivity index (χ4v) is 3.72. The monoisotopic (exact) mass is 345 g/mol. The number of aromatic nitrogens is 1. The van der Waals surface area contributed by atoms with Crippen LogP contribution in [0.2, 0.25) is 0 Å². The number of pyridine rings is 1. The van der Waals surface area contributed by atoms with Crippen LogP contribution >= 0.6 is 0 Å². The summed E-state index contributed by atoms with van der Waals surface area (Å²) in [6.07, 6.45) is 7.70. The maximum Gasteiger partial charge on any atom is 0.337 e. The Morgan fingerprint density at radius 3 is 2.64 bits per heavy atom. The molecule has 0 bridgehead atoms. The van der Waals surface area contributed by atoms with Crippen molar-refractivity contribution in [1.29, 1.82) is 0 Å². The number of hydrogen-bond donors (Lipinski definition) is 2. The lowest BCUT2D eigenvalue weighted by atomic mass is 9.84. The zero-order chi connectivity index (χ0) is 17.8. The number of nitrogens with zero attached hydrogens (tertiary/aromatic N) is 2. The highest BCUT2D eigenvalue weighted by Gasteiger charge is 2.35. The summed E-state index contributed by atoms with van der Waals surface area (Å²) in [5.41, 5.74) is 0.208. The van der Waals surface area contributed by atoms with Crippen LogP contribution in [0, 0.1) is 5.92 Å². The van der Waals surface area contributed by atoms with E-state index in [0.717, 1.165) is 12.8 Å². The van der Waals surface area contributed by atoms with Gasteiger partial charge in [0.25, 0.3) is 5.91 Å². The van der Waals surface area contributed by atoms with Crippen LogP contribution in [-0.4, -0.2) is 51.9 Å². The number of carboxylic acid groups (broad SMARTS) is 1. The van der Waals surface area contributed by atoms with Crippen molar-refractivity contribution in [2.24, 2.45) is 5.92 Å². The molecule has 1 atom stereocenters. The Bertz CT molecular complexity index is 653. The van der Waals surface area contributed by atoms with Crippen LogP contribution in [0.4, 0.5) is 0 Å². The third kappa shape index (κ3) is 3.97. The number of aromatic carboxylic acids is 1. The van der Waals surface area contributed by atoms with Crippen LogP contribution in [0.5, 0.6) is 0 Å². The topological polar surface area (TPSA) is 99.6 Å². The van der Waals surface area contributed by atoms with Crippen molar-refractivity contribution in [3.63, 3.8) is 0 Å². The van der Waals surface area contributed by atoms with E-state index in [1.165, 1.54) is 37.6 Å². The summed E-state index contributed by atoms with van der Waals surface area (Å²) in [5, 5.41) is 11.8. The van der Waals surface area contributed by atoms with Gasteiger partial charge in [-0.25, -0.2) is 4.79 Å². The second-order valence-electron chi connectivity index (χ2n) is 6.78. The molecule has 1 saturated carbocycles. The number of carbonyl (C=O) groups is 3. The molecule has 0 aromatic carbocycles. The predicted octanol–water partition coefficient (Wildman–Crippen LogP) is 1.69. The Hall–Kier alpha value is -2.44. The first kappa shape index (κ1) is 17.4. The summed E-state index contributed by atoms with van der Waals surface area (Å²) in [4.78, 5) is 41.7. The van der Waals surface area contributed by atoms with E-state index in [2.05, 4.69) is 10.3 Å². The van der Waals surface area contributed by atoms with Gasteiger partial charge in [0.15, 0.2) is 0 Å². The van der Waals surface area contributed by atoms with Crippen molar-refractivity contribution in [1.82, 2.24) is 15.2 Å². The van der Waals surface area contributed by atoms with E-state index in [-0.39, 0.29) is 23.1 Å². The summed E-state index contributed by atoms with van der Waals surface area (Å²) in [5.74, 6) is -1.03. The van der Waals surface area contributed by atoms with Crippen LogP contribution in [0.1, 0.15) is 59.4 Å². The zero-order valence-corrected chi connectivity index (χ0v) is 14.1. The lowest BCUT2D eigenvalue weighted by Crippen LogP contribution is -2.57. The molecule has 2 heterocycles. The number of carboxylic acids is 1. The molecule has 0 radical (unpaired) electrons. The number of carbonyl (C=O) groups excluding carboxylic acids is 2. The first-order valence-electron chi connectivity index (χ1n) is 8.84. The molecule has 1 unspecified atom stereocenters. The van der Waals surface area contributed by atoms with Gasteiger partial charge in [0.1, 0.15) is 11.7 Å². The summed E-state index contributed by atoms with van der Waals surface area (Å²) < 4.78 is 0. The van der Waals surface area contributed by atoms with E-state index in [9.17, 15) is 14.4 Å². The minimum Gasteiger partial charge on any atom is -0.478 e. The van der Waals surface area contributed by atoms with E-state index >= 15 is 0 Å². The Kier molecular flexibility index (Phi) is 5.31. The number of nitrogens with one attached hydrogen (secondary N) is 1. The molecule has 1 saturated heterocycles. The molecule has 1 aromatic rings. The van der Waals surface area contributed by atoms with Crippen molar-refractivity contribution < 1.29 is 19.5 Å². The highest BCUT2D eigenvalue weighted by molar-refractivity contribution is 5.97. The SMILES string of the molecule is O=C(O)c1ccc(C(=O)N2CCNC(=O)C2CC2CCCCC2)nc1. The Morgan fingerprint density at radius 2 is 2.00 bits per heavy atom. The number of hydrogen-bond acceptors (Lipinski definition) is 4. The second kappa shape index (κ2) is 7.63. The summed E-state index contributed by atoms with van der Waals surface area (Å²) in [6.45, 7) is 0.878. The molecular formula is C18H23N3O4. The van der Waals surface area contributed by atoms with Gasteiger partial charge in [0.2, 0.25) is 5.91 Å². The Morgan fingerprint density at radius 1 is 1.24 bits per heavy atom. The summed E-state index contributed by atoms with van der Waals surface area (Å²) in [7, 11) is 0. The minimum absolute atomic E-state index is 0.0340. The maximum atomic E-state index is 12.8. The maximum absolute atomic E-state index is 12.8. The number of rotatable bonds is 4. The second-order valence-corrected chi connectivity index (χ2v) is 6.78. The highest BCUT2D eigenvalue weighted by atomic mass is 16.4. The van der Waals surface area contributed by atoms with E-state index in [4.69, 9.17) is 5.11 Å². The molecule has 0 spiro atoms. The number of amides is 2. The third-order valence-electron chi connectivity index (χ3n) is 5.10. The standard InChI is InChI=1S/C18H23N3O4/c22-16-15(10-12-4-2-1-3-5-12)21(9-8-19-16)17(23)14-7-6-13(11-20-14)18(24)25/h6-7,11-12,15H,1-5,8-10H2,(H,19,22)(H,24,25). The van der Waals surface area contributed by atoms with Gasteiger partial charge in [-0.3, -0.25) is 14.6 Å². The van der Waals surface area contributed by atoms with Crippen LogP contribution < -0.4 is 5.32 Å². The molecule has 2 amide bonds. The van der Waals surface area contributed by atoms with Crippen LogP contribution in [0.15, 0.2) is 18.3 Å². The van der Waals surface area contributed by atoms with Gasteiger partial charge in [-0.1, -0.05) is 32.1 Å². The lowest BCUT2D eigenvalue weighted by Gasteiger charge is -2.37. The highest BCUT2D eigenvalue weighted by Crippen LogP contribution is 2.29. The average molecular weight is 345 g/mol. The van der Waals surface area contributed by atoms with Gasteiger partial charge < -0.3 is 15.3 Å². The normalized spacial score (nSPS) is 21.7. The van der Waals surface area contributed by atoms with Gasteiger partial charge in [-0.15, -0.1) is 0 Å². The van der Waals surface area contributed by atoms with Gasteiger partial charge in [0.05, 0.1) is 5.56 Å². The molecule has 7 heteroatoms. The predicted molar refractivity (Wildman–Crippen MR) is 90.2 cm³/mol.